The standard InChI is InChI=1S/C19H31N/c1-4-16-9-7-11-18(13-16)19(20-5-2)14-17-10-6-8-15(3)12-17/h6,8,10,12,16,18-20H,4-5,7,9,11,13-14H2,1-3H3. The highest BCUT2D eigenvalue weighted by Crippen LogP contribution is 2.33. The molecule has 3 unspecified atom stereocenters. The number of benzene rings is 1. The summed E-state index contributed by atoms with van der Waals surface area (Å²) in [6.07, 6.45) is 8.28. The van der Waals surface area contributed by atoms with Crippen molar-refractivity contribution in [1.82, 2.24) is 5.32 Å². The Hall–Kier alpha value is -0.820. The van der Waals surface area contributed by atoms with Crippen LogP contribution >= 0.6 is 0 Å². The highest BCUT2D eigenvalue weighted by Gasteiger charge is 2.27. The smallest absolute Gasteiger partial charge is 0.0136 e. The molecule has 1 aliphatic rings. The summed E-state index contributed by atoms with van der Waals surface area (Å²) < 4.78 is 0. The van der Waals surface area contributed by atoms with E-state index in [0.29, 0.717) is 6.04 Å². The van der Waals surface area contributed by atoms with Gasteiger partial charge in [-0.1, -0.05) is 62.9 Å². The molecule has 1 aliphatic carbocycles. The summed E-state index contributed by atoms with van der Waals surface area (Å²) in [4.78, 5) is 0. The van der Waals surface area contributed by atoms with E-state index in [1.54, 1.807) is 0 Å². The molecular formula is C19H31N. The van der Waals surface area contributed by atoms with Crippen LogP contribution in [-0.4, -0.2) is 12.6 Å². The third kappa shape index (κ3) is 4.34. The maximum absolute atomic E-state index is 3.76. The molecule has 1 heteroatoms. The number of nitrogens with one attached hydrogen (secondary N) is 1. The summed E-state index contributed by atoms with van der Waals surface area (Å²) >= 11 is 0. The molecular weight excluding hydrogens is 242 g/mol. The van der Waals surface area contributed by atoms with Gasteiger partial charge >= 0.3 is 0 Å². The minimum atomic E-state index is 0.663. The fourth-order valence-electron chi connectivity index (χ4n) is 3.83. The van der Waals surface area contributed by atoms with Crippen LogP contribution in [0.5, 0.6) is 0 Å². The number of likely N-dealkylation sites (N-methyl/N-ethyl adjacent to an activating group) is 1. The average Bonchev–Trinajstić information content (AvgIpc) is 2.47. The van der Waals surface area contributed by atoms with Gasteiger partial charge in [-0.3, -0.25) is 0 Å². The van der Waals surface area contributed by atoms with E-state index in [2.05, 4.69) is 50.4 Å². The van der Waals surface area contributed by atoms with Crippen LogP contribution in [0.4, 0.5) is 0 Å². The van der Waals surface area contributed by atoms with Crippen LogP contribution in [0.3, 0.4) is 0 Å². The normalized spacial score (nSPS) is 24.6. The van der Waals surface area contributed by atoms with Gasteiger partial charge in [0.1, 0.15) is 0 Å². The fraction of sp³-hybridized carbons (Fsp3) is 0.684. The lowest BCUT2D eigenvalue weighted by atomic mass is 9.75. The second-order valence-electron chi connectivity index (χ2n) is 6.56. The van der Waals surface area contributed by atoms with Gasteiger partial charge in [0.05, 0.1) is 0 Å². The summed E-state index contributed by atoms with van der Waals surface area (Å²) in [5, 5.41) is 3.76. The maximum Gasteiger partial charge on any atom is 0.0136 e. The first-order valence-electron chi connectivity index (χ1n) is 8.51. The van der Waals surface area contributed by atoms with Gasteiger partial charge in [0.2, 0.25) is 0 Å². The zero-order valence-corrected chi connectivity index (χ0v) is 13.5. The SMILES string of the molecule is CCNC(Cc1cccc(C)c1)C1CCCC(CC)C1. The topological polar surface area (TPSA) is 12.0 Å². The van der Waals surface area contributed by atoms with Crippen LogP contribution in [-0.2, 0) is 6.42 Å². The Balaban J connectivity index is 2.02. The first kappa shape index (κ1) is 15.6. The second-order valence-corrected chi connectivity index (χ2v) is 6.56. The molecule has 3 atom stereocenters. The van der Waals surface area contributed by atoms with Gasteiger partial charge in [-0.05, 0) is 50.1 Å². The molecule has 20 heavy (non-hydrogen) atoms. The Morgan fingerprint density at radius 2 is 2.10 bits per heavy atom. The van der Waals surface area contributed by atoms with Gasteiger partial charge in [-0.25, -0.2) is 0 Å². The van der Waals surface area contributed by atoms with E-state index in [4.69, 9.17) is 0 Å². The number of hydrogen-bond acceptors (Lipinski definition) is 1. The summed E-state index contributed by atoms with van der Waals surface area (Å²) in [7, 11) is 0. The summed E-state index contributed by atoms with van der Waals surface area (Å²) in [5.74, 6) is 1.83. The van der Waals surface area contributed by atoms with Crippen LogP contribution < -0.4 is 5.32 Å². The monoisotopic (exact) mass is 273 g/mol. The van der Waals surface area contributed by atoms with Gasteiger partial charge in [0, 0.05) is 6.04 Å². The van der Waals surface area contributed by atoms with E-state index < -0.39 is 0 Å². The Kier molecular flexibility index (Phi) is 6.09. The van der Waals surface area contributed by atoms with Crippen molar-refractivity contribution in [2.24, 2.45) is 11.8 Å². The molecule has 0 bridgehead atoms. The van der Waals surface area contributed by atoms with E-state index >= 15 is 0 Å². The van der Waals surface area contributed by atoms with E-state index in [1.807, 2.05) is 0 Å². The molecule has 0 radical (unpaired) electrons. The second kappa shape index (κ2) is 7.83. The predicted molar refractivity (Wildman–Crippen MR) is 88.1 cm³/mol. The van der Waals surface area contributed by atoms with Gasteiger partial charge < -0.3 is 5.32 Å². The first-order chi connectivity index (χ1) is 9.72. The highest BCUT2D eigenvalue weighted by molar-refractivity contribution is 5.23. The van der Waals surface area contributed by atoms with Crippen LogP contribution in [0.1, 0.15) is 57.1 Å². The molecule has 1 N–H and O–H groups in total. The lowest BCUT2D eigenvalue weighted by Gasteiger charge is -2.35. The van der Waals surface area contributed by atoms with Gasteiger partial charge in [-0.2, -0.15) is 0 Å². The molecule has 1 nitrogen and oxygen atoms in total. The molecule has 2 rings (SSSR count). The molecule has 112 valence electrons. The molecule has 0 amide bonds. The third-order valence-electron chi connectivity index (χ3n) is 4.97. The zero-order valence-electron chi connectivity index (χ0n) is 13.5. The number of rotatable bonds is 6. The van der Waals surface area contributed by atoms with Gasteiger partial charge in [-0.15, -0.1) is 0 Å². The average molecular weight is 273 g/mol. The Labute approximate surface area is 125 Å². The summed E-state index contributed by atoms with van der Waals surface area (Å²) in [5.41, 5.74) is 2.88. The van der Waals surface area contributed by atoms with Crippen molar-refractivity contribution in [3.8, 4) is 0 Å². The van der Waals surface area contributed by atoms with E-state index in [1.165, 1.54) is 49.7 Å². The molecule has 1 aromatic carbocycles. The van der Waals surface area contributed by atoms with E-state index in [0.717, 1.165) is 18.4 Å². The van der Waals surface area contributed by atoms with Crippen molar-refractivity contribution in [1.29, 1.82) is 0 Å². The lowest BCUT2D eigenvalue weighted by molar-refractivity contribution is 0.208. The molecule has 0 spiro atoms. The number of aryl methyl sites for hydroxylation is 1. The molecule has 0 aliphatic heterocycles. The van der Waals surface area contributed by atoms with Crippen molar-refractivity contribution in [2.45, 2.75) is 65.3 Å². The fourth-order valence-corrected chi connectivity index (χ4v) is 3.83. The minimum Gasteiger partial charge on any atom is -0.314 e. The van der Waals surface area contributed by atoms with Crippen molar-refractivity contribution in [3.05, 3.63) is 35.4 Å². The molecule has 1 saturated carbocycles. The first-order valence-corrected chi connectivity index (χ1v) is 8.51. The van der Waals surface area contributed by atoms with Crippen molar-refractivity contribution in [3.63, 3.8) is 0 Å². The Bertz CT molecular complexity index is 399. The van der Waals surface area contributed by atoms with Gasteiger partial charge in [0.25, 0.3) is 0 Å². The maximum atomic E-state index is 3.76. The molecule has 0 heterocycles. The lowest BCUT2D eigenvalue weighted by Crippen LogP contribution is -2.40. The predicted octanol–water partition coefficient (Wildman–Crippen LogP) is 4.73. The van der Waals surface area contributed by atoms with Gasteiger partial charge in [0.15, 0.2) is 0 Å². The number of hydrogen-bond donors (Lipinski definition) is 1. The molecule has 0 aromatic heterocycles. The van der Waals surface area contributed by atoms with E-state index in [9.17, 15) is 0 Å². The minimum absolute atomic E-state index is 0.663. The van der Waals surface area contributed by atoms with Crippen LogP contribution in [0.15, 0.2) is 24.3 Å². The largest absolute Gasteiger partial charge is 0.314 e. The molecule has 0 saturated heterocycles. The zero-order chi connectivity index (χ0) is 14.4. The van der Waals surface area contributed by atoms with Crippen molar-refractivity contribution >= 4 is 0 Å². The Morgan fingerprint density at radius 1 is 1.25 bits per heavy atom. The van der Waals surface area contributed by atoms with Crippen LogP contribution in [0.25, 0.3) is 0 Å². The quantitative estimate of drug-likeness (QED) is 0.790. The Morgan fingerprint density at radius 3 is 2.80 bits per heavy atom. The third-order valence-corrected chi connectivity index (χ3v) is 4.97. The highest BCUT2D eigenvalue weighted by atomic mass is 14.9. The summed E-state index contributed by atoms with van der Waals surface area (Å²) in [6, 6.07) is 9.70. The molecule has 1 aromatic rings. The summed E-state index contributed by atoms with van der Waals surface area (Å²) in [6.45, 7) is 7.88. The molecule has 1 fully saturated rings. The van der Waals surface area contributed by atoms with E-state index in [-0.39, 0.29) is 0 Å². The van der Waals surface area contributed by atoms with Crippen LogP contribution in [0, 0.1) is 18.8 Å². The van der Waals surface area contributed by atoms with Crippen molar-refractivity contribution in [2.75, 3.05) is 6.54 Å². The van der Waals surface area contributed by atoms with Crippen molar-refractivity contribution < 1.29 is 0 Å². The van der Waals surface area contributed by atoms with Crippen LogP contribution in [0.2, 0.25) is 0 Å².